The third-order valence-corrected chi connectivity index (χ3v) is 13.8. The number of aromatic hydroxyl groups is 1. The van der Waals surface area contributed by atoms with Gasteiger partial charge in [0.2, 0.25) is 0 Å². The van der Waals surface area contributed by atoms with Gasteiger partial charge < -0.3 is 5.11 Å². The van der Waals surface area contributed by atoms with Gasteiger partial charge in [0.15, 0.2) is 0 Å². The molecule has 1 N–H and O–H groups in total. The molecule has 1 aliphatic heterocycles. The van der Waals surface area contributed by atoms with Crippen LogP contribution in [0, 0.1) is 5.41 Å². The van der Waals surface area contributed by atoms with Crippen LogP contribution in [0.25, 0.3) is 32.7 Å². The van der Waals surface area contributed by atoms with Crippen molar-refractivity contribution < 1.29 is 5.11 Å². The van der Waals surface area contributed by atoms with Crippen molar-refractivity contribution in [2.24, 2.45) is 10.4 Å². The number of phenols is 1. The molecule has 1 heterocycles. The number of fused-ring (bicyclic) bond motifs is 2. The summed E-state index contributed by atoms with van der Waals surface area (Å²) in [6, 6.07) is 32.7. The second kappa shape index (κ2) is 12.2. The van der Waals surface area contributed by atoms with Gasteiger partial charge in [0.1, 0.15) is 5.75 Å². The third-order valence-electron chi connectivity index (χ3n) is 10.5. The first-order valence-electron chi connectivity index (χ1n) is 17.4. The highest BCUT2D eigenvalue weighted by Gasteiger charge is 2.57. The van der Waals surface area contributed by atoms with Crippen molar-refractivity contribution in [3.8, 4) is 16.9 Å². The summed E-state index contributed by atoms with van der Waals surface area (Å²) < 4.78 is 0. The molecule has 244 valence electrons. The van der Waals surface area contributed by atoms with E-state index in [1.54, 1.807) is 0 Å². The van der Waals surface area contributed by atoms with Gasteiger partial charge in [-0.15, -0.1) is 0 Å². The molecule has 0 amide bonds. The molecule has 2 atom stereocenters. The Morgan fingerprint density at radius 1 is 0.702 bits per heavy atom. The van der Waals surface area contributed by atoms with E-state index in [1.165, 1.54) is 27.4 Å². The number of hydrogen-bond donors (Lipinski definition) is 1. The molecule has 2 nitrogen and oxygen atoms in total. The van der Waals surface area contributed by atoms with Crippen LogP contribution in [0.2, 0.25) is 0 Å². The van der Waals surface area contributed by atoms with Crippen LogP contribution >= 0.6 is 7.92 Å². The van der Waals surface area contributed by atoms with Gasteiger partial charge in [0, 0.05) is 22.1 Å². The van der Waals surface area contributed by atoms with Crippen molar-refractivity contribution in [1.82, 2.24) is 0 Å². The van der Waals surface area contributed by atoms with Crippen LogP contribution in [0.3, 0.4) is 0 Å². The fourth-order valence-corrected chi connectivity index (χ4v) is 11.4. The Hall–Kier alpha value is -3.48. The first kappa shape index (κ1) is 33.4. The summed E-state index contributed by atoms with van der Waals surface area (Å²) in [5, 5.41) is 17.5. The average Bonchev–Trinajstić information content (AvgIpc) is 3.41. The zero-order chi connectivity index (χ0) is 33.9. The minimum atomic E-state index is -0.606. The summed E-state index contributed by atoms with van der Waals surface area (Å²) in [5.41, 5.74) is 7.43. The Bertz CT molecular complexity index is 1910. The van der Waals surface area contributed by atoms with E-state index in [0.29, 0.717) is 17.6 Å². The largest absolute Gasteiger partial charge is 0.507 e. The van der Waals surface area contributed by atoms with Crippen molar-refractivity contribution in [3.05, 3.63) is 108 Å². The van der Waals surface area contributed by atoms with E-state index in [1.807, 2.05) is 0 Å². The predicted octanol–water partition coefficient (Wildman–Crippen LogP) is 13.3. The SMILES string of the molecule is CC(C)c1cccc(C(C)C)c1N=C1P(C(C)(C)C)CCC1(c1cccc(-c2c3ccccc3cc3ccccc23)c1O)C(C)(C)C. The van der Waals surface area contributed by atoms with Gasteiger partial charge in [-0.1, -0.05) is 162 Å². The standard InChI is InChI=1S/C44H52NOP/c1-28(2)32-21-15-22-33(29(3)4)39(32)45-41-44(42(5,6)7,25-26-47(41)43(8,9)10)37-24-16-23-36(40(37)46)38-34-19-13-11-17-30(34)27-31-18-12-14-20-35(31)38/h11-24,27-29,46H,25-26H2,1-10H3. The zero-order valence-corrected chi connectivity index (χ0v) is 31.0. The number of nitrogens with zero attached hydrogens (tertiary/aromatic N) is 1. The highest BCUT2D eigenvalue weighted by molar-refractivity contribution is 7.77. The molecule has 0 aromatic heterocycles. The molecule has 1 fully saturated rings. The van der Waals surface area contributed by atoms with Crippen molar-refractivity contribution in [1.29, 1.82) is 0 Å². The van der Waals surface area contributed by atoms with E-state index in [9.17, 15) is 5.11 Å². The average molecular weight is 642 g/mol. The molecular formula is C44H52NOP. The fourth-order valence-electron chi connectivity index (χ4n) is 8.05. The Balaban J connectivity index is 1.71. The zero-order valence-electron chi connectivity index (χ0n) is 30.1. The minimum absolute atomic E-state index is 0.0744. The molecule has 0 saturated carbocycles. The van der Waals surface area contributed by atoms with Crippen molar-refractivity contribution in [2.75, 3.05) is 6.16 Å². The summed E-state index contributed by atoms with van der Waals surface area (Å²) >= 11 is 0. The Labute approximate surface area is 284 Å². The van der Waals surface area contributed by atoms with Crippen molar-refractivity contribution in [2.45, 2.75) is 98.1 Å². The number of aliphatic imine (C=N–C) groups is 1. The highest BCUT2D eigenvalue weighted by Crippen LogP contribution is 2.68. The van der Waals surface area contributed by atoms with Gasteiger partial charge in [-0.25, -0.2) is 0 Å². The van der Waals surface area contributed by atoms with Crippen LogP contribution in [-0.2, 0) is 5.41 Å². The van der Waals surface area contributed by atoms with Crippen molar-refractivity contribution in [3.63, 3.8) is 0 Å². The molecule has 5 aromatic carbocycles. The lowest BCUT2D eigenvalue weighted by molar-refractivity contribution is 0.253. The normalized spacial score (nSPS) is 19.9. The lowest BCUT2D eigenvalue weighted by Gasteiger charge is -2.45. The molecular weight excluding hydrogens is 589 g/mol. The molecule has 0 spiro atoms. The van der Waals surface area contributed by atoms with Gasteiger partial charge in [-0.2, -0.15) is 0 Å². The number of phenolic OH excluding ortho intramolecular Hbond substituents is 1. The first-order valence-corrected chi connectivity index (χ1v) is 18.9. The van der Waals surface area contributed by atoms with Gasteiger partial charge in [-0.3, -0.25) is 4.99 Å². The second-order valence-corrected chi connectivity index (χ2v) is 19.2. The van der Waals surface area contributed by atoms with Crippen LogP contribution in [0.5, 0.6) is 5.75 Å². The summed E-state index contributed by atoms with van der Waals surface area (Å²) in [6.45, 7) is 23.4. The van der Waals surface area contributed by atoms with Crippen LogP contribution in [0.15, 0.2) is 96.0 Å². The molecule has 1 saturated heterocycles. The molecule has 1 aliphatic rings. The van der Waals surface area contributed by atoms with E-state index < -0.39 is 13.3 Å². The van der Waals surface area contributed by atoms with E-state index in [4.69, 9.17) is 4.99 Å². The van der Waals surface area contributed by atoms with E-state index in [2.05, 4.69) is 160 Å². The van der Waals surface area contributed by atoms with Crippen LogP contribution in [0.4, 0.5) is 5.69 Å². The predicted molar refractivity (Wildman–Crippen MR) is 208 cm³/mol. The van der Waals surface area contributed by atoms with Gasteiger partial charge in [0.05, 0.1) is 11.1 Å². The van der Waals surface area contributed by atoms with Crippen LogP contribution in [0.1, 0.15) is 104 Å². The van der Waals surface area contributed by atoms with Crippen LogP contribution in [-0.4, -0.2) is 21.9 Å². The van der Waals surface area contributed by atoms with Crippen LogP contribution < -0.4 is 0 Å². The monoisotopic (exact) mass is 641 g/mol. The molecule has 0 bridgehead atoms. The molecule has 0 aliphatic carbocycles. The molecule has 6 rings (SSSR count). The Kier molecular flexibility index (Phi) is 8.67. The second-order valence-electron chi connectivity index (χ2n) is 16.2. The summed E-state index contributed by atoms with van der Waals surface area (Å²) in [7, 11) is -0.606. The maximum atomic E-state index is 12.8. The lowest BCUT2D eigenvalue weighted by Crippen LogP contribution is -2.44. The fraction of sp³-hybridized carbons (Fsp3) is 0.386. The number of hydrogen-bond acceptors (Lipinski definition) is 2. The van der Waals surface area contributed by atoms with E-state index in [-0.39, 0.29) is 10.6 Å². The summed E-state index contributed by atoms with van der Waals surface area (Å²) in [4.78, 5) is 5.92. The molecule has 47 heavy (non-hydrogen) atoms. The maximum Gasteiger partial charge on any atom is 0.127 e. The topological polar surface area (TPSA) is 32.6 Å². The quantitative estimate of drug-likeness (QED) is 0.150. The Morgan fingerprint density at radius 2 is 1.23 bits per heavy atom. The van der Waals surface area contributed by atoms with Gasteiger partial charge >= 0.3 is 0 Å². The number of rotatable bonds is 5. The molecule has 2 unspecified atom stereocenters. The summed E-state index contributed by atoms with van der Waals surface area (Å²) in [5.74, 6) is 1.11. The molecule has 5 aromatic rings. The lowest BCUT2D eigenvalue weighted by atomic mass is 9.61. The Morgan fingerprint density at radius 3 is 1.74 bits per heavy atom. The van der Waals surface area contributed by atoms with E-state index in [0.717, 1.165) is 45.7 Å². The maximum absolute atomic E-state index is 12.8. The molecule has 3 heteroatoms. The third kappa shape index (κ3) is 5.61. The smallest absolute Gasteiger partial charge is 0.127 e. The number of para-hydroxylation sites is 2. The highest BCUT2D eigenvalue weighted by atomic mass is 31.1. The van der Waals surface area contributed by atoms with Gasteiger partial charge in [0.25, 0.3) is 0 Å². The molecule has 0 radical (unpaired) electrons. The number of benzene rings is 5. The summed E-state index contributed by atoms with van der Waals surface area (Å²) in [6.07, 6.45) is 2.06. The minimum Gasteiger partial charge on any atom is -0.507 e. The van der Waals surface area contributed by atoms with Crippen molar-refractivity contribution >= 4 is 40.6 Å². The van der Waals surface area contributed by atoms with Gasteiger partial charge in [-0.05, 0) is 73.7 Å². The first-order chi connectivity index (χ1) is 22.2. The van der Waals surface area contributed by atoms with E-state index >= 15 is 0 Å².